The summed E-state index contributed by atoms with van der Waals surface area (Å²) in [7, 11) is -1.59. The van der Waals surface area contributed by atoms with Crippen LogP contribution in [0.4, 0.5) is 0 Å². The van der Waals surface area contributed by atoms with Crippen molar-refractivity contribution in [3.05, 3.63) is 28.8 Å². The smallest absolute Gasteiger partial charge is 0.211 e. The van der Waals surface area contributed by atoms with Crippen LogP contribution < -0.4 is 9.46 Å². The second-order valence-corrected chi connectivity index (χ2v) is 6.08. The average Bonchev–Trinajstić information content (AvgIpc) is 2.26. The molecule has 1 aromatic rings. The number of hydrogen-bond acceptors (Lipinski definition) is 3. The van der Waals surface area contributed by atoms with Gasteiger partial charge in [0, 0.05) is 12.1 Å². The van der Waals surface area contributed by atoms with Crippen LogP contribution in [-0.2, 0) is 16.6 Å². The van der Waals surface area contributed by atoms with E-state index < -0.39 is 10.0 Å². The topological polar surface area (TPSA) is 55.4 Å². The Morgan fingerprint density at radius 2 is 1.94 bits per heavy atom. The molecule has 0 amide bonds. The molecule has 96 valence electrons. The van der Waals surface area contributed by atoms with Crippen molar-refractivity contribution < 1.29 is 13.2 Å². The maximum atomic E-state index is 11.4. The van der Waals surface area contributed by atoms with Crippen molar-refractivity contribution in [2.45, 2.75) is 27.3 Å². The number of rotatable bonds is 5. The van der Waals surface area contributed by atoms with E-state index in [4.69, 9.17) is 4.74 Å². The zero-order chi connectivity index (χ0) is 13.1. The second kappa shape index (κ2) is 5.51. The molecule has 1 aromatic carbocycles. The zero-order valence-corrected chi connectivity index (χ0v) is 11.5. The summed E-state index contributed by atoms with van der Waals surface area (Å²) in [5, 5.41) is 0. The highest BCUT2D eigenvalue weighted by atomic mass is 32.2. The highest BCUT2D eigenvalue weighted by Gasteiger charge is 2.11. The lowest BCUT2D eigenvalue weighted by Crippen LogP contribution is -2.25. The molecule has 0 aliphatic carbocycles. The lowest BCUT2D eigenvalue weighted by molar-refractivity contribution is 0.408. The first-order valence-corrected chi connectivity index (χ1v) is 7.16. The van der Waals surface area contributed by atoms with Gasteiger partial charge in [0.1, 0.15) is 5.75 Å². The molecule has 0 aromatic heterocycles. The molecule has 0 fully saturated rings. The van der Waals surface area contributed by atoms with E-state index in [2.05, 4.69) is 4.72 Å². The van der Waals surface area contributed by atoms with E-state index in [9.17, 15) is 8.42 Å². The van der Waals surface area contributed by atoms with Gasteiger partial charge in [-0.05, 0) is 38.0 Å². The van der Waals surface area contributed by atoms with Gasteiger partial charge in [-0.2, -0.15) is 0 Å². The number of ether oxygens (including phenoxy) is 1. The number of hydrogen-bond donors (Lipinski definition) is 1. The third kappa shape index (κ3) is 3.71. The molecule has 0 bridgehead atoms. The first kappa shape index (κ1) is 14.0. The lowest BCUT2D eigenvalue weighted by atomic mass is 10.0. The summed E-state index contributed by atoms with van der Waals surface area (Å²) in [5.41, 5.74) is 3.01. The van der Waals surface area contributed by atoms with Gasteiger partial charge in [-0.25, -0.2) is 13.1 Å². The molecule has 4 nitrogen and oxygen atoms in total. The third-order valence-corrected chi connectivity index (χ3v) is 3.99. The van der Waals surface area contributed by atoms with Gasteiger partial charge in [-0.15, -0.1) is 0 Å². The minimum absolute atomic E-state index is 0.0836. The Kier molecular flexibility index (Phi) is 4.54. The molecule has 0 aliphatic heterocycles. The summed E-state index contributed by atoms with van der Waals surface area (Å²) in [6.45, 7) is 5.81. The van der Waals surface area contributed by atoms with Gasteiger partial charge in [0.15, 0.2) is 0 Å². The molecule has 1 rings (SSSR count). The van der Waals surface area contributed by atoms with E-state index in [1.54, 1.807) is 14.0 Å². The number of sulfonamides is 1. The fourth-order valence-electron chi connectivity index (χ4n) is 1.65. The molecule has 0 spiro atoms. The van der Waals surface area contributed by atoms with Crippen LogP contribution in [0.5, 0.6) is 5.75 Å². The van der Waals surface area contributed by atoms with Crippen molar-refractivity contribution in [3.8, 4) is 5.75 Å². The first-order chi connectivity index (χ1) is 7.89. The largest absolute Gasteiger partial charge is 0.496 e. The highest BCUT2D eigenvalue weighted by molar-refractivity contribution is 7.89. The predicted octanol–water partition coefficient (Wildman–Crippen LogP) is 1.75. The minimum Gasteiger partial charge on any atom is -0.496 e. The molecule has 0 unspecified atom stereocenters. The average molecular weight is 257 g/mol. The molecule has 1 N–H and O–H groups in total. The van der Waals surface area contributed by atoms with Gasteiger partial charge in [0.25, 0.3) is 0 Å². The van der Waals surface area contributed by atoms with Crippen LogP contribution in [0.1, 0.15) is 23.6 Å². The number of aryl methyl sites for hydroxylation is 2. The van der Waals surface area contributed by atoms with Crippen LogP contribution in [-0.4, -0.2) is 21.3 Å². The maximum Gasteiger partial charge on any atom is 0.211 e. The molecule has 0 heterocycles. The fraction of sp³-hybridized carbons (Fsp3) is 0.500. The Balaban J connectivity index is 2.98. The van der Waals surface area contributed by atoms with E-state index in [0.29, 0.717) is 0 Å². The molecule has 0 saturated heterocycles. The van der Waals surface area contributed by atoms with Crippen molar-refractivity contribution >= 4 is 10.0 Å². The number of benzene rings is 1. The molecular weight excluding hydrogens is 238 g/mol. The summed E-state index contributed by atoms with van der Waals surface area (Å²) in [4.78, 5) is 0. The van der Waals surface area contributed by atoms with Crippen molar-refractivity contribution in [3.63, 3.8) is 0 Å². The van der Waals surface area contributed by atoms with E-state index >= 15 is 0 Å². The standard InChI is InChI=1S/C12H19NO3S/c1-5-17(14,15)13-8-11-10(3)6-9(2)7-12(11)16-4/h6-7,13H,5,8H2,1-4H3. The molecule has 0 atom stereocenters. The van der Waals surface area contributed by atoms with Crippen molar-refractivity contribution in [2.75, 3.05) is 12.9 Å². The molecular formula is C12H19NO3S. The summed E-state index contributed by atoms with van der Waals surface area (Å²) in [5.74, 6) is 0.807. The Morgan fingerprint density at radius 1 is 1.29 bits per heavy atom. The van der Waals surface area contributed by atoms with Gasteiger partial charge in [0.2, 0.25) is 10.0 Å². The molecule has 17 heavy (non-hydrogen) atoms. The van der Waals surface area contributed by atoms with Crippen molar-refractivity contribution in [1.82, 2.24) is 4.72 Å². The fourth-order valence-corrected chi connectivity index (χ4v) is 2.22. The van der Waals surface area contributed by atoms with E-state index in [-0.39, 0.29) is 12.3 Å². The lowest BCUT2D eigenvalue weighted by Gasteiger charge is -2.13. The SMILES string of the molecule is CCS(=O)(=O)NCc1c(C)cc(C)cc1OC. The second-order valence-electron chi connectivity index (χ2n) is 3.99. The molecule has 0 radical (unpaired) electrons. The van der Waals surface area contributed by atoms with E-state index in [0.717, 1.165) is 22.4 Å². The third-order valence-electron chi connectivity index (χ3n) is 2.65. The minimum atomic E-state index is -3.18. The number of methoxy groups -OCH3 is 1. The quantitative estimate of drug-likeness (QED) is 0.874. The van der Waals surface area contributed by atoms with Gasteiger partial charge >= 0.3 is 0 Å². The van der Waals surface area contributed by atoms with E-state index in [1.165, 1.54) is 0 Å². The summed E-state index contributed by atoms with van der Waals surface area (Å²) in [6, 6.07) is 3.92. The Labute approximate surface area is 103 Å². The summed E-state index contributed by atoms with van der Waals surface area (Å²) < 4.78 is 30.6. The van der Waals surface area contributed by atoms with Crippen LogP contribution in [0.15, 0.2) is 12.1 Å². The maximum absolute atomic E-state index is 11.4. The van der Waals surface area contributed by atoms with Gasteiger partial charge < -0.3 is 4.74 Å². The Morgan fingerprint density at radius 3 is 2.47 bits per heavy atom. The summed E-state index contributed by atoms with van der Waals surface area (Å²) >= 11 is 0. The van der Waals surface area contributed by atoms with Crippen LogP contribution in [0, 0.1) is 13.8 Å². The Bertz CT molecular complexity index is 495. The predicted molar refractivity (Wildman–Crippen MR) is 68.8 cm³/mol. The highest BCUT2D eigenvalue weighted by Crippen LogP contribution is 2.24. The summed E-state index contributed by atoms with van der Waals surface area (Å²) in [6.07, 6.45) is 0. The zero-order valence-electron chi connectivity index (χ0n) is 10.7. The van der Waals surface area contributed by atoms with Gasteiger partial charge in [0.05, 0.1) is 12.9 Å². The first-order valence-electron chi connectivity index (χ1n) is 5.51. The number of nitrogens with one attached hydrogen (secondary N) is 1. The molecule has 0 saturated carbocycles. The Hall–Kier alpha value is -1.07. The van der Waals surface area contributed by atoms with E-state index in [1.807, 2.05) is 26.0 Å². The van der Waals surface area contributed by atoms with Crippen LogP contribution in [0.25, 0.3) is 0 Å². The van der Waals surface area contributed by atoms with Crippen LogP contribution in [0.2, 0.25) is 0 Å². The van der Waals surface area contributed by atoms with Crippen LogP contribution >= 0.6 is 0 Å². The van der Waals surface area contributed by atoms with Gasteiger partial charge in [-0.1, -0.05) is 6.07 Å². The van der Waals surface area contributed by atoms with Gasteiger partial charge in [-0.3, -0.25) is 0 Å². The normalized spacial score (nSPS) is 11.5. The molecule has 0 aliphatic rings. The molecule has 5 heteroatoms. The van der Waals surface area contributed by atoms with Crippen molar-refractivity contribution in [2.24, 2.45) is 0 Å². The monoisotopic (exact) mass is 257 g/mol. The van der Waals surface area contributed by atoms with Crippen LogP contribution in [0.3, 0.4) is 0 Å². The van der Waals surface area contributed by atoms with Crippen molar-refractivity contribution in [1.29, 1.82) is 0 Å².